The van der Waals surface area contributed by atoms with E-state index in [1.165, 1.54) is 0 Å². The minimum Gasteiger partial charge on any atom is -0.493 e. The number of methoxy groups -OCH3 is 1. The third-order valence-corrected chi connectivity index (χ3v) is 2.92. The second-order valence-corrected chi connectivity index (χ2v) is 4.50. The highest BCUT2D eigenvalue weighted by Crippen LogP contribution is 2.25. The fraction of sp³-hybridized carbons (Fsp3) is 0.312. The van der Waals surface area contributed by atoms with E-state index in [9.17, 15) is 0 Å². The van der Waals surface area contributed by atoms with Gasteiger partial charge in [0.1, 0.15) is 13.2 Å². The van der Waals surface area contributed by atoms with Crippen LogP contribution in [0.25, 0.3) is 0 Å². The van der Waals surface area contributed by atoms with Crippen molar-refractivity contribution in [3.63, 3.8) is 0 Å². The van der Waals surface area contributed by atoms with Crippen LogP contribution in [-0.2, 0) is 0 Å². The predicted molar refractivity (Wildman–Crippen MR) is 104 cm³/mol. The molecule has 2 rings (SSSR count). The van der Waals surface area contributed by atoms with Crippen LogP contribution in [0.3, 0.4) is 0 Å². The van der Waals surface area contributed by atoms with E-state index in [2.05, 4.69) is 10.3 Å². The van der Waals surface area contributed by atoms with Crippen LogP contribution in [0.1, 0.15) is 0 Å². The number of nitrogens with zero attached hydrogens (tertiary/aromatic N) is 1. The van der Waals surface area contributed by atoms with Crippen LogP contribution >= 0.6 is 24.8 Å². The average molecular weight is 394 g/mol. The molecule has 1 aromatic heterocycles. The summed E-state index contributed by atoms with van der Waals surface area (Å²) in [4.78, 5) is 4.06. The van der Waals surface area contributed by atoms with Gasteiger partial charge in [0.15, 0.2) is 11.5 Å². The normalized spacial score (nSPS) is 9.00. The van der Waals surface area contributed by atoms with Gasteiger partial charge in [-0.1, -0.05) is 12.1 Å². The van der Waals surface area contributed by atoms with Gasteiger partial charge < -0.3 is 30.7 Å². The zero-order valence-corrected chi connectivity index (χ0v) is 15.6. The van der Waals surface area contributed by atoms with Gasteiger partial charge in [-0.3, -0.25) is 0 Å². The van der Waals surface area contributed by atoms with E-state index in [1.54, 1.807) is 25.4 Å². The maximum atomic E-state index is 5.73. The summed E-state index contributed by atoms with van der Waals surface area (Å²) in [7, 11) is 1.63. The van der Waals surface area contributed by atoms with Crippen molar-refractivity contribution >= 4 is 30.5 Å². The minimum absolute atomic E-state index is 0. The Balaban J connectivity index is 0. The number of nitrogen functional groups attached to an aromatic ring is 1. The van der Waals surface area contributed by atoms with Gasteiger partial charge in [0.05, 0.1) is 12.8 Å². The molecule has 0 aliphatic heterocycles. The molecule has 0 aliphatic rings. The third-order valence-electron chi connectivity index (χ3n) is 2.92. The molecule has 9 heteroatoms. The standard InChI is InChI=1S/C16H21N3O3.2ClH.H2O/c1-20-14-6-2-3-7-15(14)21-11-9-18-10-12-22-16-13(17)5-4-8-19-16;;;/h2-8,18H,9-12,17H2,1H3;2*1H;1H2. The van der Waals surface area contributed by atoms with Gasteiger partial charge >= 0.3 is 0 Å². The molecule has 2 aromatic rings. The molecule has 0 saturated carbocycles. The number of para-hydroxylation sites is 2. The summed E-state index contributed by atoms with van der Waals surface area (Å²) in [6.45, 7) is 2.44. The predicted octanol–water partition coefficient (Wildman–Crippen LogP) is 1.74. The lowest BCUT2D eigenvalue weighted by molar-refractivity contribution is 0.275. The molecule has 0 bridgehead atoms. The van der Waals surface area contributed by atoms with E-state index in [0.717, 1.165) is 11.5 Å². The molecule has 5 N–H and O–H groups in total. The van der Waals surface area contributed by atoms with Gasteiger partial charge in [-0.2, -0.15) is 0 Å². The van der Waals surface area contributed by atoms with Crippen LogP contribution in [0.5, 0.6) is 17.4 Å². The number of ether oxygens (including phenoxy) is 3. The first-order chi connectivity index (χ1) is 10.8. The molecule has 0 spiro atoms. The molecule has 1 heterocycles. The average Bonchev–Trinajstić information content (AvgIpc) is 2.56. The van der Waals surface area contributed by atoms with Gasteiger partial charge in [-0.25, -0.2) is 4.98 Å². The van der Waals surface area contributed by atoms with Crippen LogP contribution in [0, 0.1) is 0 Å². The minimum atomic E-state index is 0. The van der Waals surface area contributed by atoms with Crippen LogP contribution < -0.4 is 25.3 Å². The van der Waals surface area contributed by atoms with Crippen molar-refractivity contribution in [1.82, 2.24) is 10.3 Å². The number of hydrogen-bond acceptors (Lipinski definition) is 6. The zero-order valence-electron chi connectivity index (χ0n) is 13.9. The van der Waals surface area contributed by atoms with Crippen molar-refractivity contribution in [2.45, 2.75) is 0 Å². The highest BCUT2D eigenvalue weighted by molar-refractivity contribution is 5.85. The lowest BCUT2D eigenvalue weighted by Crippen LogP contribution is -2.26. The summed E-state index contributed by atoms with van der Waals surface area (Å²) in [6.07, 6.45) is 1.65. The van der Waals surface area contributed by atoms with Gasteiger partial charge in [-0.05, 0) is 24.3 Å². The van der Waals surface area contributed by atoms with Crippen molar-refractivity contribution in [2.24, 2.45) is 0 Å². The molecule has 7 nitrogen and oxygen atoms in total. The quantitative estimate of drug-likeness (QED) is 0.627. The van der Waals surface area contributed by atoms with Crippen LogP contribution in [0.2, 0.25) is 0 Å². The maximum Gasteiger partial charge on any atom is 0.237 e. The Morgan fingerprint density at radius 3 is 2.24 bits per heavy atom. The van der Waals surface area contributed by atoms with E-state index in [1.807, 2.05) is 24.3 Å². The number of aromatic nitrogens is 1. The second kappa shape index (κ2) is 14.4. The highest BCUT2D eigenvalue weighted by Gasteiger charge is 2.02. The molecular formula is C16H25Cl2N3O4. The number of hydrogen-bond donors (Lipinski definition) is 2. The van der Waals surface area contributed by atoms with E-state index in [4.69, 9.17) is 19.9 Å². The largest absolute Gasteiger partial charge is 0.493 e. The van der Waals surface area contributed by atoms with Crippen molar-refractivity contribution in [3.8, 4) is 17.4 Å². The lowest BCUT2D eigenvalue weighted by atomic mass is 10.3. The summed E-state index contributed by atoms with van der Waals surface area (Å²) in [5.74, 6) is 1.94. The SMILES string of the molecule is COc1ccccc1OCCNCCOc1ncccc1N.Cl.Cl.O. The lowest BCUT2D eigenvalue weighted by Gasteiger charge is -2.11. The van der Waals surface area contributed by atoms with E-state index in [0.29, 0.717) is 37.9 Å². The van der Waals surface area contributed by atoms with Crippen LogP contribution in [0.4, 0.5) is 5.69 Å². The Bertz CT molecular complexity index is 591. The number of nitrogens with two attached hydrogens (primary N) is 1. The third kappa shape index (κ3) is 8.64. The number of halogens is 2. The molecule has 0 fully saturated rings. The molecule has 25 heavy (non-hydrogen) atoms. The topological polar surface area (TPSA) is 110 Å². The van der Waals surface area contributed by atoms with Gasteiger partial charge in [-0.15, -0.1) is 24.8 Å². The number of rotatable bonds is 9. The summed E-state index contributed by atoms with van der Waals surface area (Å²) in [5.41, 5.74) is 6.28. The first-order valence-electron chi connectivity index (χ1n) is 7.11. The molecule has 0 aliphatic carbocycles. The fourth-order valence-electron chi connectivity index (χ4n) is 1.84. The molecule has 0 unspecified atom stereocenters. The number of anilines is 1. The number of nitrogens with one attached hydrogen (secondary N) is 1. The number of benzene rings is 1. The first kappa shape index (κ1) is 25.3. The highest BCUT2D eigenvalue weighted by atomic mass is 35.5. The van der Waals surface area contributed by atoms with Crippen molar-refractivity contribution in [3.05, 3.63) is 42.6 Å². The van der Waals surface area contributed by atoms with Gasteiger partial charge in [0.25, 0.3) is 0 Å². The first-order valence-corrected chi connectivity index (χ1v) is 7.11. The molecular weight excluding hydrogens is 369 g/mol. The van der Waals surface area contributed by atoms with E-state index in [-0.39, 0.29) is 30.3 Å². The summed E-state index contributed by atoms with van der Waals surface area (Å²) < 4.78 is 16.3. The fourth-order valence-corrected chi connectivity index (χ4v) is 1.84. The number of pyridine rings is 1. The van der Waals surface area contributed by atoms with Crippen molar-refractivity contribution < 1.29 is 19.7 Å². The smallest absolute Gasteiger partial charge is 0.237 e. The van der Waals surface area contributed by atoms with Gasteiger partial charge in [0, 0.05) is 19.3 Å². The molecule has 0 saturated heterocycles. The van der Waals surface area contributed by atoms with E-state index >= 15 is 0 Å². The van der Waals surface area contributed by atoms with Gasteiger partial charge in [0.2, 0.25) is 5.88 Å². The molecule has 0 atom stereocenters. The Morgan fingerprint density at radius 1 is 0.960 bits per heavy atom. The zero-order chi connectivity index (χ0) is 15.6. The molecule has 1 aromatic carbocycles. The summed E-state index contributed by atoms with van der Waals surface area (Å²) in [6, 6.07) is 11.1. The summed E-state index contributed by atoms with van der Waals surface area (Å²) >= 11 is 0. The Hall–Kier alpha value is -1.93. The second-order valence-electron chi connectivity index (χ2n) is 4.50. The molecule has 0 radical (unpaired) electrons. The maximum absolute atomic E-state index is 5.73. The monoisotopic (exact) mass is 393 g/mol. The van der Waals surface area contributed by atoms with Crippen LogP contribution in [0.15, 0.2) is 42.6 Å². The Morgan fingerprint density at radius 2 is 1.60 bits per heavy atom. The Kier molecular flexibility index (Phi) is 14.6. The summed E-state index contributed by atoms with van der Waals surface area (Å²) in [5, 5.41) is 3.22. The molecule has 0 amide bonds. The van der Waals surface area contributed by atoms with Crippen molar-refractivity contribution in [1.29, 1.82) is 0 Å². The van der Waals surface area contributed by atoms with Crippen molar-refractivity contribution in [2.75, 3.05) is 39.1 Å². The Labute approximate surface area is 160 Å². The van der Waals surface area contributed by atoms with Crippen LogP contribution in [-0.4, -0.2) is 43.9 Å². The molecule has 142 valence electrons. The van der Waals surface area contributed by atoms with E-state index < -0.39 is 0 Å².